The third-order valence-corrected chi connectivity index (χ3v) is 6.74. The summed E-state index contributed by atoms with van der Waals surface area (Å²) in [5.41, 5.74) is 1.75. The summed E-state index contributed by atoms with van der Waals surface area (Å²) in [7, 11) is 0. The van der Waals surface area contributed by atoms with Gasteiger partial charge in [0.2, 0.25) is 5.91 Å². The molecule has 2 unspecified atom stereocenters. The lowest BCUT2D eigenvalue weighted by Gasteiger charge is -2.30. The van der Waals surface area contributed by atoms with E-state index in [2.05, 4.69) is 12.2 Å². The Morgan fingerprint density at radius 1 is 1.00 bits per heavy atom. The Labute approximate surface area is 193 Å². The molecule has 33 heavy (non-hydrogen) atoms. The molecule has 1 aliphatic carbocycles. The van der Waals surface area contributed by atoms with Crippen molar-refractivity contribution in [1.29, 1.82) is 0 Å². The highest BCUT2D eigenvalue weighted by Crippen LogP contribution is 2.36. The van der Waals surface area contributed by atoms with E-state index in [1.807, 2.05) is 77.7 Å². The summed E-state index contributed by atoms with van der Waals surface area (Å²) in [4.78, 5) is 42.1. The van der Waals surface area contributed by atoms with Gasteiger partial charge in [-0.05, 0) is 53.6 Å². The quantitative estimate of drug-likeness (QED) is 0.557. The van der Waals surface area contributed by atoms with Gasteiger partial charge in [0, 0.05) is 12.6 Å². The lowest BCUT2D eigenvalue weighted by molar-refractivity contribution is -0.139. The van der Waals surface area contributed by atoms with Crippen molar-refractivity contribution in [3.05, 3.63) is 83.9 Å². The highest BCUT2D eigenvalue weighted by atomic mass is 16.2. The number of benzene rings is 3. The van der Waals surface area contributed by atoms with Crippen molar-refractivity contribution in [3.63, 3.8) is 0 Å². The van der Waals surface area contributed by atoms with E-state index in [9.17, 15) is 14.4 Å². The van der Waals surface area contributed by atoms with Crippen LogP contribution in [0.2, 0.25) is 0 Å². The normalized spacial score (nSPS) is 18.9. The van der Waals surface area contributed by atoms with Crippen LogP contribution in [0.3, 0.4) is 0 Å². The van der Waals surface area contributed by atoms with E-state index in [-0.39, 0.29) is 24.4 Å². The van der Waals surface area contributed by atoms with Gasteiger partial charge < -0.3 is 10.2 Å². The van der Waals surface area contributed by atoms with Crippen LogP contribution in [0.5, 0.6) is 0 Å². The van der Waals surface area contributed by atoms with Gasteiger partial charge in [-0.25, -0.2) is 4.79 Å². The van der Waals surface area contributed by atoms with Crippen LogP contribution >= 0.6 is 0 Å². The van der Waals surface area contributed by atoms with E-state index in [0.29, 0.717) is 12.5 Å². The first-order valence-electron chi connectivity index (χ1n) is 11.5. The van der Waals surface area contributed by atoms with E-state index in [1.54, 1.807) is 0 Å². The van der Waals surface area contributed by atoms with Crippen LogP contribution in [0.1, 0.15) is 36.9 Å². The average molecular weight is 442 g/mol. The third kappa shape index (κ3) is 4.33. The smallest absolute Gasteiger partial charge is 0.325 e. The molecule has 1 heterocycles. The van der Waals surface area contributed by atoms with E-state index < -0.39 is 12.1 Å². The molecule has 0 bridgehead atoms. The summed E-state index contributed by atoms with van der Waals surface area (Å²) in [5.74, 6) is -0.116. The lowest BCUT2D eigenvalue weighted by Crippen LogP contribution is -2.46. The standard InChI is InChI=1S/C27H27N3O3/c1-18(20-11-12-20)29(16-19-7-3-2-4-8-19)24(31)17-30-26(32)25(28-27(30)33)23-14-13-21-9-5-6-10-22(21)15-23/h2-10,13-15,18,20,25H,11-12,16-17H2,1H3,(H,28,33). The molecule has 3 aromatic carbocycles. The zero-order valence-corrected chi connectivity index (χ0v) is 18.6. The Bertz CT molecular complexity index is 1210. The Morgan fingerprint density at radius 3 is 2.42 bits per heavy atom. The molecule has 4 amide bonds. The summed E-state index contributed by atoms with van der Waals surface area (Å²) in [6.45, 7) is 2.27. The number of carbonyl (C=O) groups excluding carboxylic acids is 3. The number of nitrogens with zero attached hydrogens (tertiary/aromatic N) is 2. The van der Waals surface area contributed by atoms with Gasteiger partial charge >= 0.3 is 6.03 Å². The third-order valence-electron chi connectivity index (χ3n) is 6.74. The highest BCUT2D eigenvalue weighted by molar-refractivity contribution is 6.07. The first-order chi connectivity index (χ1) is 16.0. The molecule has 1 aliphatic heterocycles. The monoisotopic (exact) mass is 441 g/mol. The van der Waals surface area contributed by atoms with Crippen LogP contribution in [0.4, 0.5) is 4.79 Å². The Morgan fingerprint density at radius 2 is 1.70 bits per heavy atom. The van der Waals surface area contributed by atoms with Crippen molar-refractivity contribution in [2.45, 2.75) is 38.4 Å². The molecule has 6 heteroatoms. The Hall–Kier alpha value is -3.67. The van der Waals surface area contributed by atoms with Crippen molar-refractivity contribution in [2.75, 3.05) is 6.54 Å². The maximum absolute atomic E-state index is 13.3. The van der Waals surface area contributed by atoms with Gasteiger partial charge in [-0.15, -0.1) is 0 Å². The molecule has 6 nitrogen and oxygen atoms in total. The zero-order valence-electron chi connectivity index (χ0n) is 18.6. The van der Waals surface area contributed by atoms with E-state index >= 15 is 0 Å². The van der Waals surface area contributed by atoms with Crippen LogP contribution in [-0.2, 0) is 16.1 Å². The molecule has 1 N–H and O–H groups in total. The van der Waals surface area contributed by atoms with Crippen molar-refractivity contribution in [2.24, 2.45) is 5.92 Å². The van der Waals surface area contributed by atoms with Gasteiger partial charge in [-0.2, -0.15) is 0 Å². The van der Waals surface area contributed by atoms with E-state index in [4.69, 9.17) is 0 Å². The SMILES string of the molecule is CC(C1CC1)N(Cc1ccccc1)C(=O)CN1C(=O)NC(c2ccc3ccccc3c2)C1=O. The molecule has 2 fully saturated rings. The molecule has 2 aliphatic rings. The number of amides is 4. The first-order valence-corrected chi connectivity index (χ1v) is 11.5. The number of fused-ring (bicyclic) bond motifs is 1. The van der Waals surface area contributed by atoms with Crippen LogP contribution in [0, 0.1) is 5.92 Å². The minimum atomic E-state index is -0.779. The fourth-order valence-corrected chi connectivity index (χ4v) is 4.58. The van der Waals surface area contributed by atoms with Gasteiger partial charge in [-0.3, -0.25) is 14.5 Å². The molecule has 2 atom stereocenters. The Kier molecular flexibility index (Phi) is 5.58. The fraction of sp³-hybridized carbons (Fsp3) is 0.296. The average Bonchev–Trinajstić information content (AvgIpc) is 3.65. The molecule has 0 aromatic heterocycles. The van der Waals surface area contributed by atoms with Crippen LogP contribution in [0.25, 0.3) is 10.8 Å². The van der Waals surface area contributed by atoms with Crippen molar-refractivity contribution in [1.82, 2.24) is 15.1 Å². The second-order valence-electron chi connectivity index (χ2n) is 9.00. The van der Waals surface area contributed by atoms with Gasteiger partial charge in [-0.1, -0.05) is 66.7 Å². The zero-order chi connectivity index (χ0) is 22.9. The maximum Gasteiger partial charge on any atom is 0.325 e. The number of hydrogen-bond acceptors (Lipinski definition) is 3. The molecular formula is C27H27N3O3. The van der Waals surface area contributed by atoms with Crippen LogP contribution in [0.15, 0.2) is 72.8 Å². The molecule has 168 valence electrons. The molecular weight excluding hydrogens is 414 g/mol. The predicted molar refractivity (Wildman–Crippen MR) is 126 cm³/mol. The fourth-order valence-electron chi connectivity index (χ4n) is 4.58. The van der Waals surface area contributed by atoms with Crippen LogP contribution in [-0.4, -0.2) is 40.2 Å². The van der Waals surface area contributed by atoms with Gasteiger partial charge in [0.25, 0.3) is 5.91 Å². The molecule has 0 radical (unpaired) electrons. The van der Waals surface area contributed by atoms with Gasteiger partial charge in [0.1, 0.15) is 12.6 Å². The maximum atomic E-state index is 13.3. The van der Waals surface area contributed by atoms with E-state index in [0.717, 1.165) is 39.6 Å². The van der Waals surface area contributed by atoms with Crippen LogP contribution < -0.4 is 5.32 Å². The van der Waals surface area contributed by atoms with E-state index in [1.165, 1.54) is 0 Å². The first kappa shape index (κ1) is 21.2. The molecule has 1 saturated carbocycles. The van der Waals surface area contributed by atoms with Crippen molar-refractivity contribution < 1.29 is 14.4 Å². The number of hydrogen-bond donors (Lipinski definition) is 1. The Balaban J connectivity index is 1.34. The molecule has 3 aromatic rings. The van der Waals surface area contributed by atoms with Crippen molar-refractivity contribution >= 4 is 28.6 Å². The second kappa shape index (κ2) is 8.70. The van der Waals surface area contributed by atoms with Gasteiger partial charge in [0.05, 0.1) is 0 Å². The molecule has 1 saturated heterocycles. The summed E-state index contributed by atoms with van der Waals surface area (Å²) in [6.07, 6.45) is 2.21. The lowest BCUT2D eigenvalue weighted by atomic mass is 10.0. The number of imide groups is 1. The van der Waals surface area contributed by atoms with Crippen molar-refractivity contribution in [3.8, 4) is 0 Å². The summed E-state index contributed by atoms with van der Waals surface area (Å²) in [5, 5.41) is 4.82. The summed E-state index contributed by atoms with van der Waals surface area (Å²) < 4.78 is 0. The minimum absolute atomic E-state index is 0.0646. The minimum Gasteiger partial charge on any atom is -0.334 e. The number of carbonyl (C=O) groups is 3. The summed E-state index contributed by atoms with van der Waals surface area (Å²) in [6, 6.07) is 22.2. The number of rotatable bonds is 7. The second-order valence-corrected chi connectivity index (χ2v) is 9.00. The predicted octanol–water partition coefficient (Wildman–Crippen LogP) is 4.26. The molecule has 5 rings (SSSR count). The summed E-state index contributed by atoms with van der Waals surface area (Å²) >= 11 is 0. The number of urea groups is 1. The van der Waals surface area contributed by atoms with Gasteiger partial charge in [0.15, 0.2) is 0 Å². The largest absolute Gasteiger partial charge is 0.334 e. The molecule has 0 spiro atoms. The number of nitrogens with one attached hydrogen (secondary N) is 1. The highest BCUT2D eigenvalue weighted by Gasteiger charge is 2.42. The topological polar surface area (TPSA) is 69.7 Å².